The van der Waals surface area contributed by atoms with Gasteiger partial charge in [-0.3, -0.25) is 14.9 Å². The minimum absolute atomic E-state index is 0.0249. The minimum Gasteiger partial charge on any atom is -0.337 e. The Morgan fingerprint density at radius 2 is 2.17 bits per heavy atom. The normalized spacial score (nSPS) is 16.3. The number of hydrogen-bond donors (Lipinski definition) is 2. The maximum atomic E-state index is 13.2. The lowest BCUT2D eigenvalue weighted by atomic mass is 10.0. The van der Waals surface area contributed by atoms with Gasteiger partial charge in [-0.15, -0.1) is 11.3 Å². The minimum atomic E-state index is -0.0249. The number of aryl methyl sites for hydroxylation is 2. The van der Waals surface area contributed by atoms with Crippen LogP contribution >= 0.6 is 11.3 Å². The van der Waals surface area contributed by atoms with Gasteiger partial charge in [0.15, 0.2) is 10.8 Å². The van der Waals surface area contributed by atoms with E-state index in [2.05, 4.69) is 26.6 Å². The lowest BCUT2D eigenvalue weighted by molar-refractivity contribution is 0.0786. The molecule has 152 valence electrons. The number of carbonyl (C=O) groups excluding carboxylic acids is 1. The first-order valence-electron chi connectivity index (χ1n) is 9.96. The molecule has 30 heavy (non-hydrogen) atoms. The summed E-state index contributed by atoms with van der Waals surface area (Å²) in [7, 11) is 0. The Hall–Kier alpha value is -3.26. The number of carbonyl (C=O) groups is 1. The molecule has 1 aliphatic heterocycles. The highest BCUT2D eigenvalue weighted by Crippen LogP contribution is 2.30. The SMILES string of the molecule is Cc1ccc2[nH]nc(C(=O)N3CC[C@H](c4cc(Nc5nccs5)cc(C)n4)C3)c2c1. The number of aromatic amines is 1. The van der Waals surface area contributed by atoms with Crippen molar-refractivity contribution in [3.05, 3.63) is 64.6 Å². The highest BCUT2D eigenvalue weighted by Gasteiger charge is 2.31. The Balaban J connectivity index is 1.36. The molecule has 4 aromatic rings. The molecule has 0 saturated carbocycles. The van der Waals surface area contributed by atoms with Gasteiger partial charge in [0.1, 0.15) is 0 Å². The predicted octanol–water partition coefficient (Wildman–Crippen LogP) is 4.40. The van der Waals surface area contributed by atoms with E-state index in [0.717, 1.165) is 45.1 Å². The number of anilines is 2. The molecular formula is C22H22N6OS. The van der Waals surface area contributed by atoms with Crippen molar-refractivity contribution < 1.29 is 4.79 Å². The molecule has 1 aliphatic rings. The smallest absolute Gasteiger partial charge is 0.275 e. The summed E-state index contributed by atoms with van der Waals surface area (Å²) in [6.45, 7) is 5.36. The van der Waals surface area contributed by atoms with Crippen molar-refractivity contribution in [1.29, 1.82) is 0 Å². The second-order valence-electron chi connectivity index (χ2n) is 7.74. The van der Waals surface area contributed by atoms with Crippen LogP contribution in [0, 0.1) is 13.8 Å². The zero-order chi connectivity index (χ0) is 20.7. The Morgan fingerprint density at radius 1 is 1.27 bits per heavy atom. The van der Waals surface area contributed by atoms with E-state index in [1.807, 2.05) is 48.4 Å². The summed E-state index contributed by atoms with van der Waals surface area (Å²) in [6.07, 6.45) is 2.67. The number of pyridine rings is 1. The van der Waals surface area contributed by atoms with E-state index < -0.39 is 0 Å². The molecule has 1 amide bonds. The van der Waals surface area contributed by atoms with Crippen LogP contribution in [0.15, 0.2) is 41.9 Å². The third-order valence-corrected chi connectivity index (χ3v) is 6.16. The number of likely N-dealkylation sites (tertiary alicyclic amines) is 1. The molecule has 3 aromatic heterocycles. The van der Waals surface area contributed by atoms with Gasteiger partial charge in [-0.2, -0.15) is 5.10 Å². The molecule has 1 saturated heterocycles. The number of thiazole rings is 1. The third kappa shape index (κ3) is 3.54. The summed E-state index contributed by atoms with van der Waals surface area (Å²) in [5, 5.41) is 14.3. The van der Waals surface area contributed by atoms with Crippen LogP contribution in [0.3, 0.4) is 0 Å². The molecule has 7 nitrogen and oxygen atoms in total. The number of amides is 1. The Labute approximate surface area is 178 Å². The van der Waals surface area contributed by atoms with E-state index >= 15 is 0 Å². The van der Waals surface area contributed by atoms with Gasteiger partial charge in [0, 0.05) is 53.0 Å². The fourth-order valence-electron chi connectivity index (χ4n) is 4.01. The zero-order valence-corrected chi connectivity index (χ0v) is 17.7. The fraction of sp³-hybridized carbons (Fsp3) is 0.273. The van der Waals surface area contributed by atoms with Crippen molar-refractivity contribution in [3.8, 4) is 0 Å². The van der Waals surface area contributed by atoms with Gasteiger partial charge in [0.2, 0.25) is 0 Å². The maximum Gasteiger partial charge on any atom is 0.275 e. The van der Waals surface area contributed by atoms with Crippen LogP contribution in [-0.4, -0.2) is 44.1 Å². The average molecular weight is 419 g/mol. The second-order valence-corrected chi connectivity index (χ2v) is 8.64. The first-order valence-corrected chi connectivity index (χ1v) is 10.8. The fourth-order valence-corrected chi connectivity index (χ4v) is 4.56. The molecule has 1 fully saturated rings. The molecule has 0 bridgehead atoms. The van der Waals surface area contributed by atoms with Gasteiger partial charge < -0.3 is 10.2 Å². The van der Waals surface area contributed by atoms with E-state index in [-0.39, 0.29) is 11.8 Å². The molecule has 1 aromatic carbocycles. The summed E-state index contributed by atoms with van der Waals surface area (Å²) in [4.78, 5) is 24.1. The monoisotopic (exact) mass is 418 g/mol. The Kier molecular flexibility index (Phi) is 4.71. The second kappa shape index (κ2) is 7.53. The molecule has 2 N–H and O–H groups in total. The molecular weight excluding hydrogens is 396 g/mol. The van der Waals surface area contributed by atoms with Gasteiger partial charge in [-0.25, -0.2) is 4.98 Å². The van der Waals surface area contributed by atoms with Gasteiger partial charge >= 0.3 is 0 Å². The highest BCUT2D eigenvalue weighted by molar-refractivity contribution is 7.13. The summed E-state index contributed by atoms with van der Waals surface area (Å²) < 4.78 is 0. The molecule has 5 rings (SSSR count). The third-order valence-electron chi connectivity index (χ3n) is 5.47. The predicted molar refractivity (Wildman–Crippen MR) is 118 cm³/mol. The van der Waals surface area contributed by atoms with Crippen molar-refractivity contribution in [3.63, 3.8) is 0 Å². The number of aromatic nitrogens is 4. The summed E-state index contributed by atoms with van der Waals surface area (Å²) in [6, 6.07) is 10.1. The first-order chi connectivity index (χ1) is 14.6. The van der Waals surface area contributed by atoms with Crippen LogP contribution in [0.4, 0.5) is 10.8 Å². The van der Waals surface area contributed by atoms with Crippen molar-refractivity contribution in [2.24, 2.45) is 0 Å². The number of fused-ring (bicyclic) bond motifs is 1. The molecule has 0 aliphatic carbocycles. The number of hydrogen-bond acceptors (Lipinski definition) is 6. The molecule has 1 atom stereocenters. The van der Waals surface area contributed by atoms with Gasteiger partial charge in [-0.05, 0) is 44.5 Å². The number of benzene rings is 1. The first kappa shape index (κ1) is 18.7. The lowest BCUT2D eigenvalue weighted by Gasteiger charge is -2.16. The number of H-pyrrole nitrogens is 1. The Morgan fingerprint density at radius 3 is 3.00 bits per heavy atom. The quantitative estimate of drug-likeness (QED) is 0.513. The number of nitrogens with one attached hydrogen (secondary N) is 2. The van der Waals surface area contributed by atoms with Crippen molar-refractivity contribution in [2.45, 2.75) is 26.2 Å². The number of nitrogens with zero attached hydrogens (tertiary/aromatic N) is 4. The van der Waals surface area contributed by atoms with Crippen LogP contribution in [-0.2, 0) is 0 Å². The van der Waals surface area contributed by atoms with Crippen molar-refractivity contribution in [1.82, 2.24) is 25.1 Å². The van der Waals surface area contributed by atoms with Crippen molar-refractivity contribution in [2.75, 3.05) is 18.4 Å². The highest BCUT2D eigenvalue weighted by atomic mass is 32.1. The van der Waals surface area contributed by atoms with Crippen LogP contribution in [0.1, 0.15) is 39.8 Å². The van der Waals surface area contributed by atoms with E-state index in [0.29, 0.717) is 18.8 Å². The van der Waals surface area contributed by atoms with E-state index in [1.165, 1.54) is 0 Å². The summed E-state index contributed by atoms with van der Waals surface area (Å²) in [5.74, 6) is 0.181. The zero-order valence-electron chi connectivity index (χ0n) is 16.8. The molecule has 0 unspecified atom stereocenters. The lowest BCUT2D eigenvalue weighted by Crippen LogP contribution is -2.29. The molecule has 0 radical (unpaired) electrons. The topological polar surface area (TPSA) is 86.8 Å². The molecule has 4 heterocycles. The van der Waals surface area contributed by atoms with Crippen LogP contribution < -0.4 is 5.32 Å². The molecule has 0 spiro atoms. The van der Waals surface area contributed by atoms with E-state index in [4.69, 9.17) is 4.98 Å². The van der Waals surface area contributed by atoms with Crippen LogP contribution in [0.2, 0.25) is 0 Å². The standard InChI is InChI=1S/C22H22N6OS/c1-13-3-4-18-17(9-13)20(27-26-18)21(29)28-7-5-15(12-28)19-11-16(10-14(2)24-19)25-22-23-6-8-30-22/h3-4,6,8-11,15H,5,7,12H2,1-2H3,(H,26,27)(H,23,24,25)/t15-/m0/s1. The van der Waals surface area contributed by atoms with Gasteiger partial charge in [-0.1, -0.05) is 11.6 Å². The summed E-state index contributed by atoms with van der Waals surface area (Å²) >= 11 is 1.56. The van der Waals surface area contributed by atoms with Crippen LogP contribution in [0.25, 0.3) is 10.9 Å². The largest absolute Gasteiger partial charge is 0.337 e. The average Bonchev–Trinajstić information content (AvgIpc) is 3.47. The van der Waals surface area contributed by atoms with Crippen LogP contribution in [0.5, 0.6) is 0 Å². The Bertz CT molecular complexity index is 1220. The number of rotatable bonds is 4. The molecule has 8 heteroatoms. The van der Waals surface area contributed by atoms with Gasteiger partial charge in [0.05, 0.1) is 5.52 Å². The van der Waals surface area contributed by atoms with E-state index in [9.17, 15) is 4.79 Å². The summed E-state index contributed by atoms with van der Waals surface area (Å²) in [5.41, 5.74) is 5.43. The maximum absolute atomic E-state index is 13.2. The van der Waals surface area contributed by atoms with E-state index in [1.54, 1.807) is 17.5 Å². The van der Waals surface area contributed by atoms with Gasteiger partial charge in [0.25, 0.3) is 5.91 Å². The van der Waals surface area contributed by atoms with Crippen molar-refractivity contribution >= 4 is 39.0 Å².